The minimum absolute atomic E-state index is 0.0134. The molecule has 0 saturated carbocycles. The Hall–Kier alpha value is -1.66. The fourth-order valence-electron chi connectivity index (χ4n) is 12.9. The van der Waals surface area contributed by atoms with Crippen LogP contribution in [0.4, 0.5) is 0 Å². The van der Waals surface area contributed by atoms with Crippen LogP contribution in [0, 0.1) is 0 Å². The number of carbonyl (C=O) groups is 2. The molecule has 0 spiro atoms. The highest BCUT2D eigenvalue weighted by Gasteiger charge is 2.20. The second kappa shape index (κ2) is 76.8. The topological polar surface area (TPSA) is 95.9 Å². The number of ether oxygens (including phenoxy) is 1. The van der Waals surface area contributed by atoms with Crippen molar-refractivity contribution < 1.29 is 24.5 Å². The molecule has 0 bridgehead atoms. The monoisotopic (exact) mass is 1220 g/mol. The van der Waals surface area contributed by atoms with E-state index in [4.69, 9.17) is 4.74 Å². The smallest absolute Gasteiger partial charge is 0.305 e. The maximum atomic E-state index is 12.6. The van der Waals surface area contributed by atoms with Crippen LogP contribution in [0.25, 0.3) is 0 Å². The van der Waals surface area contributed by atoms with Gasteiger partial charge in [0.15, 0.2) is 0 Å². The molecule has 0 aromatic heterocycles. The van der Waals surface area contributed by atoms with Crippen LogP contribution in [0.5, 0.6) is 0 Å². The van der Waals surface area contributed by atoms with Crippen molar-refractivity contribution in [1.29, 1.82) is 0 Å². The Morgan fingerprint density at radius 2 is 0.575 bits per heavy atom. The Kier molecular flexibility index (Phi) is 75.3. The lowest BCUT2D eigenvalue weighted by molar-refractivity contribution is -0.143. The average Bonchev–Trinajstić information content (AvgIpc) is 3.53. The third kappa shape index (κ3) is 73.3. The van der Waals surface area contributed by atoms with Crippen molar-refractivity contribution in [3.8, 4) is 0 Å². The van der Waals surface area contributed by atoms with Gasteiger partial charge in [0.1, 0.15) is 0 Å². The number of hydrogen-bond acceptors (Lipinski definition) is 5. The van der Waals surface area contributed by atoms with Crippen molar-refractivity contribution in [2.45, 2.75) is 469 Å². The number of hydrogen-bond donors (Lipinski definition) is 3. The molecule has 516 valence electrons. The number of unbranched alkanes of at least 4 members (excludes halogenated alkanes) is 61. The predicted octanol–water partition coefficient (Wildman–Crippen LogP) is 26.4. The molecule has 0 aliphatic rings. The van der Waals surface area contributed by atoms with Crippen LogP contribution in [-0.4, -0.2) is 47.4 Å². The van der Waals surface area contributed by atoms with Gasteiger partial charge in [-0.05, 0) is 57.8 Å². The van der Waals surface area contributed by atoms with Crippen LogP contribution in [-0.2, 0) is 14.3 Å². The van der Waals surface area contributed by atoms with E-state index in [0.717, 1.165) is 51.4 Å². The van der Waals surface area contributed by atoms with E-state index in [2.05, 4.69) is 43.5 Å². The Labute approximate surface area is 545 Å². The molecule has 2 unspecified atom stereocenters. The number of esters is 1. The highest BCUT2D eigenvalue weighted by atomic mass is 16.5. The summed E-state index contributed by atoms with van der Waals surface area (Å²) in [6.45, 7) is 4.98. The molecule has 0 rings (SSSR count). The summed E-state index contributed by atoms with van der Waals surface area (Å²) in [6.07, 6.45) is 98.4. The number of aliphatic hydroxyl groups excluding tert-OH is 2. The first-order valence-corrected chi connectivity index (χ1v) is 40.1. The van der Waals surface area contributed by atoms with Gasteiger partial charge in [0.2, 0.25) is 5.91 Å². The molecule has 2 atom stereocenters. The zero-order valence-electron chi connectivity index (χ0n) is 59.3. The molecule has 6 heteroatoms. The summed E-state index contributed by atoms with van der Waals surface area (Å²) in [5.41, 5.74) is 0. The van der Waals surface area contributed by atoms with E-state index < -0.39 is 12.1 Å². The zero-order chi connectivity index (χ0) is 62.8. The second-order valence-electron chi connectivity index (χ2n) is 27.8. The molecule has 3 N–H and O–H groups in total. The molecule has 0 radical (unpaired) electrons. The first-order chi connectivity index (χ1) is 43.0. The molecule has 0 aliphatic heterocycles. The number of aliphatic hydroxyl groups is 2. The van der Waals surface area contributed by atoms with Gasteiger partial charge in [-0.25, -0.2) is 0 Å². The minimum atomic E-state index is -0.663. The molecule has 0 aromatic carbocycles. The Balaban J connectivity index is 3.33. The van der Waals surface area contributed by atoms with E-state index in [1.807, 2.05) is 0 Å². The molecular formula is C81H157NO5. The molecule has 0 aromatic rings. The number of carbonyl (C=O) groups excluding carboxylic acids is 2. The fraction of sp³-hybridized carbons (Fsp3) is 0.926. The second-order valence-corrected chi connectivity index (χ2v) is 27.8. The molecule has 1 amide bonds. The van der Waals surface area contributed by atoms with Gasteiger partial charge in [-0.3, -0.25) is 9.59 Å². The highest BCUT2D eigenvalue weighted by Crippen LogP contribution is 2.20. The lowest BCUT2D eigenvalue weighted by atomic mass is 10.0. The molecule has 87 heavy (non-hydrogen) atoms. The number of rotatable bonds is 76. The molecule has 0 saturated heterocycles. The van der Waals surface area contributed by atoms with Gasteiger partial charge < -0.3 is 20.3 Å². The van der Waals surface area contributed by atoms with Crippen molar-refractivity contribution in [1.82, 2.24) is 5.32 Å². The fourth-order valence-corrected chi connectivity index (χ4v) is 12.9. The van der Waals surface area contributed by atoms with Gasteiger partial charge in [0.05, 0.1) is 25.4 Å². The normalized spacial score (nSPS) is 12.6. The quantitative estimate of drug-likeness (QED) is 0.0320. The van der Waals surface area contributed by atoms with E-state index >= 15 is 0 Å². The van der Waals surface area contributed by atoms with Crippen molar-refractivity contribution >= 4 is 11.9 Å². The summed E-state index contributed by atoms with van der Waals surface area (Å²) < 4.78 is 5.51. The van der Waals surface area contributed by atoms with E-state index in [-0.39, 0.29) is 18.5 Å². The van der Waals surface area contributed by atoms with E-state index in [1.165, 1.54) is 372 Å². The molecule has 0 fully saturated rings. The lowest BCUT2D eigenvalue weighted by Gasteiger charge is -2.22. The van der Waals surface area contributed by atoms with Crippen LogP contribution in [0.1, 0.15) is 457 Å². The van der Waals surface area contributed by atoms with Gasteiger partial charge >= 0.3 is 5.97 Å². The van der Waals surface area contributed by atoms with Crippen molar-refractivity contribution in [3.63, 3.8) is 0 Å². The van der Waals surface area contributed by atoms with Crippen LogP contribution in [0.2, 0.25) is 0 Å². The molecule has 6 nitrogen and oxygen atoms in total. The Morgan fingerprint density at radius 1 is 0.322 bits per heavy atom. The standard InChI is InChI=1S/C81H157NO5/c1-3-5-7-9-11-13-15-17-19-21-22-23-32-35-38-42-45-49-53-57-61-65-69-73-79(84)78(77-83)82-80(85)74-70-66-62-58-54-50-46-43-39-36-33-30-28-26-24-25-27-29-31-34-37-40-44-48-52-56-60-64-68-72-76-87-81(86)75-71-67-63-59-55-51-47-41-20-18-16-14-12-10-8-6-4-2/h12,14,18,20,78-79,83-84H,3-11,13,15-17,19,21-77H2,1-2H3,(H,82,85)/b14-12-,20-18-. The summed E-state index contributed by atoms with van der Waals surface area (Å²) in [5.74, 6) is -0.0119. The largest absolute Gasteiger partial charge is 0.466 e. The van der Waals surface area contributed by atoms with Crippen LogP contribution in [0.3, 0.4) is 0 Å². The average molecular weight is 1230 g/mol. The third-order valence-electron chi connectivity index (χ3n) is 19.0. The maximum Gasteiger partial charge on any atom is 0.305 e. The Bertz CT molecular complexity index is 1360. The van der Waals surface area contributed by atoms with Crippen LogP contribution < -0.4 is 5.32 Å². The van der Waals surface area contributed by atoms with Gasteiger partial charge in [0.25, 0.3) is 0 Å². The minimum Gasteiger partial charge on any atom is -0.466 e. The summed E-state index contributed by atoms with van der Waals surface area (Å²) >= 11 is 0. The molecule has 0 heterocycles. The number of amides is 1. The SMILES string of the molecule is CCCCC/C=C\C/C=C\CCCCCCCCCC(=O)OCCCCCCCCCCCCCCCCCCCCCCCCCCCCCCCCC(=O)NC(CO)C(O)CCCCCCCCCCCCCCCCCCCCCCCCC. The summed E-state index contributed by atoms with van der Waals surface area (Å²) in [4.78, 5) is 24.7. The molecular weight excluding hydrogens is 1070 g/mol. The van der Waals surface area contributed by atoms with E-state index in [1.54, 1.807) is 0 Å². The van der Waals surface area contributed by atoms with Gasteiger partial charge in [-0.2, -0.15) is 0 Å². The van der Waals surface area contributed by atoms with Crippen molar-refractivity contribution in [2.24, 2.45) is 0 Å². The van der Waals surface area contributed by atoms with Crippen molar-refractivity contribution in [2.75, 3.05) is 13.2 Å². The van der Waals surface area contributed by atoms with Gasteiger partial charge in [0, 0.05) is 12.8 Å². The number of nitrogens with one attached hydrogen (secondary N) is 1. The Morgan fingerprint density at radius 3 is 0.897 bits per heavy atom. The summed E-state index contributed by atoms with van der Waals surface area (Å²) in [7, 11) is 0. The lowest BCUT2D eigenvalue weighted by Crippen LogP contribution is -2.45. The summed E-state index contributed by atoms with van der Waals surface area (Å²) in [5, 5.41) is 23.5. The van der Waals surface area contributed by atoms with Gasteiger partial charge in [-0.1, -0.05) is 411 Å². The van der Waals surface area contributed by atoms with E-state index in [9.17, 15) is 19.8 Å². The zero-order valence-corrected chi connectivity index (χ0v) is 59.3. The van der Waals surface area contributed by atoms with Gasteiger partial charge in [-0.15, -0.1) is 0 Å². The van der Waals surface area contributed by atoms with Crippen LogP contribution in [0.15, 0.2) is 24.3 Å². The maximum absolute atomic E-state index is 12.6. The van der Waals surface area contributed by atoms with Crippen LogP contribution >= 0.6 is 0 Å². The first kappa shape index (κ1) is 85.3. The molecule has 0 aliphatic carbocycles. The third-order valence-corrected chi connectivity index (χ3v) is 19.0. The van der Waals surface area contributed by atoms with E-state index in [0.29, 0.717) is 25.9 Å². The highest BCUT2D eigenvalue weighted by molar-refractivity contribution is 5.76. The first-order valence-electron chi connectivity index (χ1n) is 40.1. The van der Waals surface area contributed by atoms with Crippen molar-refractivity contribution in [3.05, 3.63) is 24.3 Å². The summed E-state index contributed by atoms with van der Waals surface area (Å²) in [6, 6.07) is -0.540. The predicted molar refractivity (Wildman–Crippen MR) is 384 cm³/mol. The number of allylic oxidation sites excluding steroid dienone is 4.